The van der Waals surface area contributed by atoms with Gasteiger partial charge in [0.2, 0.25) is 0 Å². The van der Waals surface area contributed by atoms with Crippen LogP contribution in [0.1, 0.15) is 48.2 Å². The normalized spacial score (nSPS) is 10.9. The number of rotatable bonds is 4. The second kappa shape index (κ2) is 4.84. The summed E-state index contributed by atoms with van der Waals surface area (Å²) in [6, 6.07) is 0. The Hall–Kier alpha value is -0.480. The van der Waals surface area contributed by atoms with Gasteiger partial charge in [-0.05, 0) is 19.8 Å². The average Bonchev–Trinajstić information content (AvgIpc) is 2.50. The first-order chi connectivity index (χ1) is 6.60. The Morgan fingerprint density at radius 1 is 1.50 bits per heavy atom. The van der Waals surface area contributed by atoms with E-state index in [1.54, 1.807) is 11.3 Å². The molecular formula is C10H16N2S2. The van der Waals surface area contributed by atoms with Gasteiger partial charge < -0.3 is 5.73 Å². The summed E-state index contributed by atoms with van der Waals surface area (Å²) in [7, 11) is 0. The third kappa shape index (κ3) is 2.30. The van der Waals surface area contributed by atoms with E-state index in [0.29, 0.717) is 10.9 Å². The minimum Gasteiger partial charge on any atom is -0.389 e. The average molecular weight is 228 g/mol. The number of thiocarbonyl (C=S) groups is 1. The molecule has 0 saturated carbocycles. The van der Waals surface area contributed by atoms with Crippen molar-refractivity contribution in [3.05, 3.63) is 15.6 Å². The van der Waals surface area contributed by atoms with E-state index in [-0.39, 0.29) is 0 Å². The van der Waals surface area contributed by atoms with Gasteiger partial charge in [-0.2, -0.15) is 0 Å². The molecule has 0 amide bonds. The molecule has 1 aromatic rings. The highest BCUT2D eigenvalue weighted by molar-refractivity contribution is 7.81. The van der Waals surface area contributed by atoms with Crippen LogP contribution < -0.4 is 5.73 Å². The van der Waals surface area contributed by atoms with E-state index in [1.165, 1.54) is 5.01 Å². The Bertz CT molecular complexity index is 327. The van der Waals surface area contributed by atoms with Crippen molar-refractivity contribution in [1.82, 2.24) is 4.98 Å². The molecule has 0 unspecified atom stereocenters. The van der Waals surface area contributed by atoms with Crippen LogP contribution in [0.5, 0.6) is 0 Å². The molecule has 2 nitrogen and oxygen atoms in total. The predicted molar refractivity (Wildman–Crippen MR) is 66.1 cm³/mol. The van der Waals surface area contributed by atoms with Crippen LogP contribution in [0.3, 0.4) is 0 Å². The fraction of sp³-hybridized carbons (Fsp3) is 0.600. The molecule has 0 aliphatic carbocycles. The van der Waals surface area contributed by atoms with E-state index in [4.69, 9.17) is 18.0 Å². The van der Waals surface area contributed by atoms with Gasteiger partial charge in [-0.1, -0.05) is 26.1 Å². The summed E-state index contributed by atoms with van der Waals surface area (Å²) in [5.41, 5.74) is 6.59. The van der Waals surface area contributed by atoms with E-state index in [9.17, 15) is 0 Å². The molecule has 1 aromatic heterocycles. The van der Waals surface area contributed by atoms with Crippen molar-refractivity contribution < 1.29 is 0 Å². The van der Waals surface area contributed by atoms with Crippen molar-refractivity contribution >= 4 is 28.5 Å². The van der Waals surface area contributed by atoms with Crippen molar-refractivity contribution in [3.63, 3.8) is 0 Å². The van der Waals surface area contributed by atoms with Gasteiger partial charge in [-0.3, -0.25) is 0 Å². The maximum absolute atomic E-state index is 5.61. The molecule has 0 aliphatic rings. The van der Waals surface area contributed by atoms with Crippen LogP contribution in [-0.4, -0.2) is 9.97 Å². The van der Waals surface area contributed by atoms with E-state index < -0.39 is 0 Å². The molecule has 0 atom stereocenters. The largest absolute Gasteiger partial charge is 0.389 e. The molecule has 1 heterocycles. The summed E-state index contributed by atoms with van der Waals surface area (Å²) in [4.78, 5) is 5.97. The van der Waals surface area contributed by atoms with Crippen molar-refractivity contribution in [3.8, 4) is 0 Å². The zero-order chi connectivity index (χ0) is 10.7. The highest BCUT2D eigenvalue weighted by Crippen LogP contribution is 2.29. The van der Waals surface area contributed by atoms with Gasteiger partial charge in [0.1, 0.15) is 4.99 Å². The minimum atomic E-state index is 0.470. The molecule has 0 saturated heterocycles. The topological polar surface area (TPSA) is 38.9 Å². The summed E-state index contributed by atoms with van der Waals surface area (Å²) >= 11 is 6.62. The standard InChI is InChI=1S/C10H16N2S2/c1-4-7(5-2)10-12-6(3)8(14-10)9(11)13/h7H,4-5H2,1-3H3,(H2,11,13). The first-order valence-electron chi connectivity index (χ1n) is 4.87. The quantitative estimate of drug-likeness (QED) is 0.805. The van der Waals surface area contributed by atoms with Gasteiger partial charge in [0.25, 0.3) is 0 Å². The Morgan fingerprint density at radius 3 is 2.43 bits per heavy atom. The summed E-state index contributed by atoms with van der Waals surface area (Å²) in [6.07, 6.45) is 2.25. The second-order valence-electron chi connectivity index (χ2n) is 3.34. The second-order valence-corrected chi connectivity index (χ2v) is 4.81. The number of aryl methyl sites for hydroxylation is 1. The number of thiazole rings is 1. The third-order valence-corrected chi connectivity index (χ3v) is 4.06. The molecule has 2 N–H and O–H groups in total. The molecule has 14 heavy (non-hydrogen) atoms. The molecule has 0 radical (unpaired) electrons. The Morgan fingerprint density at radius 2 is 2.07 bits per heavy atom. The fourth-order valence-corrected chi connectivity index (χ4v) is 2.92. The predicted octanol–water partition coefficient (Wildman–Crippen LogP) is 2.99. The van der Waals surface area contributed by atoms with Crippen molar-refractivity contribution in [1.29, 1.82) is 0 Å². The van der Waals surface area contributed by atoms with Gasteiger partial charge >= 0.3 is 0 Å². The molecule has 0 spiro atoms. The van der Waals surface area contributed by atoms with Gasteiger partial charge in [-0.25, -0.2) is 4.98 Å². The lowest BCUT2D eigenvalue weighted by molar-refractivity contribution is 0.636. The number of nitrogens with zero attached hydrogens (tertiary/aromatic N) is 1. The molecule has 4 heteroatoms. The molecule has 0 bridgehead atoms. The minimum absolute atomic E-state index is 0.470. The Kier molecular flexibility index (Phi) is 4.01. The van der Waals surface area contributed by atoms with E-state index in [2.05, 4.69) is 18.8 Å². The van der Waals surface area contributed by atoms with Gasteiger partial charge in [0.05, 0.1) is 15.6 Å². The zero-order valence-electron chi connectivity index (χ0n) is 8.83. The molecule has 0 aliphatic heterocycles. The summed E-state index contributed by atoms with van der Waals surface area (Å²) < 4.78 is 0. The maximum atomic E-state index is 5.61. The van der Waals surface area contributed by atoms with Crippen LogP contribution in [0.25, 0.3) is 0 Å². The molecular weight excluding hydrogens is 212 g/mol. The first kappa shape index (κ1) is 11.6. The fourth-order valence-electron chi connectivity index (χ4n) is 1.46. The van der Waals surface area contributed by atoms with Crippen molar-refractivity contribution in [2.75, 3.05) is 0 Å². The van der Waals surface area contributed by atoms with E-state index >= 15 is 0 Å². The number of hydrogen-bond donors (Lipinski definition) is 1. The first-order valence-corrected chi connectivity index (χ1v) is 6.09. The highest BCUT2D eigenvalue weighted by Gasteiger charge is 2.15. The lowest BCUT2D eigenvalue weighted by Gasteiger charge is -2.06. The molecule has 78 valence electrons. The van der Waals surface area contributed by atoms with Crippen LogP contribution in [-0.2, 0) is 0 Å². The lowest BCUT2D eigenvalue weighted by Crippen LogP contribution is -2.08. The number of hydrogen-bond acceptors (Lipinski definition) is 3. The van der Waals surface area contributed by atoms with Crippen LogP contribution in [0.4, 0.5) is 0 Å². The van der Waals surface area contributed by atoms with Crippen LogP contribution in [0.2, 0.25) is 0 Å². The van der Waals surface area contributed by atoms with Crippen LogP contribution in [0.15, 0.2) is 0 Å². The number of nitrogens with two attached hydrogens (primary N) is 1. The lowest BCUT2D eigenvalue weighted by atomic mass is 10.1. The summed E-state index contributed by atoms with van der Waals surface area (Å²) in [5.74, 6) is 0.557. The molecule has 1 rings (SSSR count). The monoisotopic (exact) mass is 228 g/mol. The molecule has 0 fully saturated rings. The summed E-state index contributed by atoms with van der Waals surface area (Å²) in [5, 5.41) is 1.18. The van der Waals surface area contributed by atoms with Gasteiger partial charge in [-0.15, -0.1) is 11.3 Å². The summed E-state index contributed by atoms with van der Waals surface area (Å²) in [6.45, 7) is 6.34. The van der Waals surface area contributed by atoms with Crippen LogP contribution in [0, 0.1) is 6.92 Å². The highest BCUT2D eigenvalue weighted by atomic mass is 32.1. The van der Waals surface area contributed by atoms with E-state index in [0.717, 1.165) is 23.4 Å². The maximum Gasteiger partial charge on any atom is 0.116 e. The van der Waals surface area contributed by atoms with E-state index in [1.807, 2.05) is 6.92 Å². The zero-order valence-corrected chi connectivity index (χ0v) is 10.5. The Labute approximate surface area is 94.5 Å². The van der Waals surface area contributed by atoms with Crippen LogP contribution >= 0.6 is 23.6 Å². The van der Waals surface area contributed by atoms with Crippen molar-refractivity contribution in [2.45, 2.75) is 39.5 Å². The SMILES string of the molecule is CCC(CC)c1nc(C)c(C(N)=S)s1. The third-order valence-electron chi connectivity index (χ3n) is 2.37. The van der Waals surface area contributed by atoms with Gasteiger partial charge in [0, 0.05) is 5.92 Å². The smallest absolute Gasteiger partial charge is 0.116 e. The number of aromatic nitrogens is 1. The van der Waals surface area contributed by atoms with Crippen molar-refractivity contribution in [2.24, 2.45) is 5.73 Å². The van der Waals surface area contributed by atoms with Gasteiger partial charge in [0.15, 0.2) is 0 Å². The Balaban J connectivity index is 3.01. The molecule has 0 aromatic carbocycles.